The number of rotatable bonds is 7. The average molecular weight is 409 g/mol. The zero-order valence-corrected chi connectivity index (χ0v) is 17.2. The van der Waals surface area contributed by atoms with Crippen molar-refractivity contribution < 1.29 is 4.74 Å². The number of nitrogens with two attached hydrogens (primary N) is 1. The summed E-state index contributed by atoms with van der Waals surface area (Å²) in [5.74, 6) is 1.39. The number of aryl methyl sites for hydroxylation is 1. The van der Waals surface area contributed by atoms with E-state index in [1.54, 1.807) is 0 Å². The Morgan fingerprint density at radius 3 is 2.42 bits per heavy atom. The normalized spacial score (nSPS) is 11.4. The zero-order chi connectivity index (χ0) is 21.0. The number of pyridine rings is 1. The van der Waals surface area contributed by atoms with Crippen LogP contribution in [0.1, 0.15) is 17.8 Å². The molecule has 0 aliphatic heterocycles. The Hall–Kier alpha value is -3.70. The number of anilines is 1. The zero-order valence-electron chi connectivity index (χ0n) is 17.2. The first-order chi connectivity index (χ1) is 15.3. The van der Waals surface area contributed by atoms with Crippen molar-refractivity contribution in [3.63, 3.8) is 0 Å². The van der Waals surface area contributed by atoms with Crippen LogP contribution in [0.25, 0.3) is 33.1 Å². The van der Waals surface area contributed by atoms with Crippen molar-refractivity contribution >= 4 is 27.8 Å². The van der Waals surface area contributed by atoms with E-state index in [9.17, 15) is 0 Å². The Morgan fingerprint density at radius 2 is 1.61 bits per heavy atom. The molecule has 5 rings (SSSR count). The number of imidazole rings is 1. The number of nitrogens with zero attached hydrogens (tertiary/aromatic N) is 2. The molecule has 0 aliphatic rings. The van der Waals surface area contributed by atoms with Gasteiger partial charge in [-0.15, -0.1) is 0 Å². The summed E-state index contributed by atoms with van der Waals surface area (Å²) < 4.78 is 5.79. The van der Waals surface area contributed by atoms with Crippen LogP contribution < -0.4 is 5.73 Å². The lowest BCUT2D eigenvalue weighted by Crippen LogP contribution is -1.98. The van der Waals surface area contributed by atoms with Crippen LogP contribution in [-0.4, -0.2) is 21.6 Å². The van der Waals surface area contributed by atoms with E-state index in [1.165, 1.54) is 5.56 Å². The molecule has 0 saturated heterocycles. The average Bonchev–Trinajstić information content (AvgIpc) is 3.25. The van der Waals surface area contributed by atoms with E-state index in [0.29, 0.717) is 19.0 Å². The van der Waals surface area contributed by atoms with Gasteiger partial charge in [0.1, 0.15) is 22.7 Å². The maximum Gasteiger partial charge on any atom is 0.150 e. The summed E-state index contributed by atoms with van der Waals surface area (Å²) in [5, 5.41) is 1.01. The monoisotopic (exact) mass is 408 g/mol. The van der Waals surface area contributed by atoms with Gasteiger partial charge >= 0.3 is 0 Å². The minimum Gasteiger partial charge on any atom is -0.382 e. The molecule has 0 radical (unpaired) electrons. The van der Waals surface area contributed by atoms with Gasteiger partial charge in [-0.25, -0.2) is 9.97 Å². The minimum atomic E-state index is 0.479. The van der Waals surface area contributed by atoms with Gasteiger partial charge in [-0.05, 0) is 35.2 Å². The Kier molecular flexibility index (Phi) is 5.33. The largest absolute Gasteiger partial charge is 0.382 e. The first-order valence-corrected chi connectivity index (χ1v) is 10.5. The van der Waals surface area contributed by atoms with Gasteiger partial charge in [0.2, 0.25) is 0 Å². The third kappa shape index (κ3) is 4.13. The summed E-state index contributed by atoms with van der Waals surface area (Å²) in [6.07, 6.45) is 1.68. The molecule has 154 valence electrons. The lowest BCUT2D eigenvalue weighted by atomic mass is 10.0. The molecule has 2 aromatic heterocycles. The van der Waals surface area contributed by atoms with E-state index in [2.05, 4.69) is 52.4 Å². The topological polar surface area (TPSA) is 76.8 Å². The van der Waals surface area contributed by atoms with E-state index >= 15 is 0 Å². The van der Waals surface area contributed by atoms with E-state index in [-0.39, 0.29) is 0 Å². The van der Waals surface area contributed by atoms with Crippen molar-refractivity contribution in [1.29, 1.82) is 0 Å². The number of hydrogen-bond acceptors (Lipinski definition) is 4. The van der Waals surface area contributed by atoms with Crippen LogP contribution in [0.2, 0.25) is 0 Å². The van der Waals surface area contributed by atoms with Crippen LogP contribution >= 0.6 is 0 Å². The van der Waals surface area contributed by atoms with Gasteiger partial charge in [0, 0.05) is 18.4 Å². The number of ether oxygens (including phenoxy) is 1. The first-order valence-electron chi connectivity index (χ1n) is 10.5. The molecule has 5 heteroatoms. The van der Waals surface area contributed by atoms with Gasteiger partial charge in [-0.3, -0.25) is 0 Å². The third-order valence-corrected chi connectivity index (χ3v) is 5.42. The molecule has 5 nitrogen and oxygen atoms in total. The van der Waals surface area contributed by atoms with Crippen LogP contribution in [0.3, 0.4) is 0 Å². The van der Waals surface area contributed by atoms with Crippen LogP contribution in [0, 0.1) is 0 Å². The van der Waals surface area contributed by atoms with Crippen LogP contribution in [-0.2, 0) is 17.8 Å². The molecule has 0 spiro atoms. The van der Waals surface area contributed by atoms with Crippen molar-refractivity contribution in [1.82, 2.24) is 15.0 Å². The fraction of sp³-hybridized carbons (Fsp3) is 0.154. The van der Waals surface area contributed by atoms with Crippen molar-refractivity contribution in [2.45, 2.75) is 19.4 Å². The highest BCUT2D eigenvalue weighted by atomic mass is 16.5. The van der Waals surface area contributed by atoms with Gasteiger partial charge < -0.3 is 15.5 Å². The number of aromatic nitrogens is 3. The van der Waals surface area contributed by atoms with Gasteiger partial charge in [0.05, 0.1) is 12.1 Å². The molecule has 0 unspecified atom stereocenters. The maximum absolute atomic E-state index is 6.26. The summed E-state index contributed by atoms with van der Waals surface area (Å²) in [6.45, 7) is 1.31. The number of fused-ring (bicyclic) bond motifs is 3. The standard InChI is InChI=1S/C26H24N4O/c27-26-25-24(21-14-13-20(16-22(21)28-26)19-10-5-2-6-11-19)29-23(30-25)12-7-15-31-17-18-8-3-1-4-9-18/h1-6,8-11,13-14,16H,7,12,15,17H2,(H2,27,28)(H,29,30). The lowest BCUT2D eigenvalue weighted by Gasteiger charge is -2.05. The second-order valence-corrected chi connectivity index (χ2v) is 7.64. The van der Waals surface area contributed by atoms with Crippen molar-refractivity contribution in [2.24, 2.45) is 0 Å². The number of benzene rings is 3. The number of nitrogens with one attached hydrogen (secondary N) is 1. The quantitative estimate of drug-likeness (QED) is 0.348. The smallest absolute Gasteiger partial charge is 0.150 e. The van der Waals surface area contributed by atoms with Gasteiger partial charge in [0.15, 0.2) is 0 Å². The van der Waals surface area contributed by atoms with Gasteiger partial charge in [-0.1, -0.05) is 66.7 Å². The molecular weight excluding hydrogens is 384 g/mol. The minimum absolute atomic E-state index is 0.479. The molecule has 31 heavy (non-hydrogen) atoms. The van der Waals surface area contributed by atoms with E-state index in [1.807, 2.05) is 36.4 Å². The Morgan fingerprint density at radius 1 is 0.839 bits per heavy atom. The Bertz CT molecular complexity index is 1310. The van der Waals surface area contributed by atoms with Crippen LogP contribution in [0.4, 0.5) is 5.82 Å². The second-order valence-electron chi connectivity index (χ2n) is 7.64. The van der Waals surface area contributed by atoms with Crippen molar-refractivity contribution in [3.8, 4) is 11.1 Å². The number of aromatic amines is 1. The molecule has 5 aromatic rings. The predicted octanol–water partition coefficient (Wildman–Crippen LogP) is 5.51. The number of hydrogen-bond donors (Lipinski definition) is 2. The molecule has 0 atom stereocenters. The molecule has 0 fully saturated rings. The van der Waals surface area contributed by atoms with E-state index in [0.717, 1.165) is 51.7 Å². The fourth-order valence-electron chi connectivity index (χ4n) is 3.85. The maximum atomic E-state index is 6.26. The Balaban J connectivity index is 1.32. The third-order valence-electron chi connectivity index (χ3n) is 5.42. The molecule has 3 aromatic carbocycles. The summed E-state index contributed by atoms with van der Waals surface area (Å²) in [7, 11) is 0. The Labute approximate surface area is 180 Å². The second kappa shape index (κ2) is 8.58. The van der Waals surface area contributed by atoms with Crippen LogP contribution in [0.15, 0.2) is 78.9 Å². The van der Waals surface area contributed by atoms with Gasteiger partial charge in [0.25, 0.3) is 0 Å². The van der Waals surface area contributed by atoms with Crippen molar-refractivity contribution in [3.05, 3.63) is 90.3 Å². The number of nitrogen functional groups attached to an aromatic ring is 1. The van der Waals surface area contributed by atoms with Crippen LogP contribution in [0.5, 0.6) is 0 Å². The number of H-pyrrole nitrogens is 1. The molecule has 0 amide bonds. The SMILES string of the molecule is Nc1nc2cc(-c3ccccc3)ccc2c2nc(CCCOCc3ccccc3)[nH]c12. The summed E-state index contributed by atoms with van der Waals surface area (Å²) in [5.41, 5.74) is 12.3. The lowest BCUT2D eigenvalue weighted by molar-refractivity contribution is 0.118. The molecule has 2 heterocycles. The van der Waals surface area contributed by atoms with E-state index < -0.39 is 0 Å². The summed E-state index contributed by atoms with van der Waals surface area (Å²) in [4.78, 5) is 12.8. The van der Waals surface area contributed by atoms with E-state index in [4.69, 9.17) is 15.5 Å². The van der Waals surface area contributed by atoms with Crippen molar-refractivity contribution in [2.75, 3.05) is 12.3 Å². The molecule has 0 saturated carbocycles. The predicted molar refractivity (Wildman–Crippen MR) is 126 cm³/mol. The molecule has 0 bridgehead atoms. The van der Waals surface area contributed by atoms with Gasteiger partial charge in [-0.2, -0.15) is 0 Å². The highest BCUT2D eigenvalue weighted by Gasteiger charge is 2.12. The first kappa shape index (κ1) is 19.3. The summed E-state index contributed by atoms with van der Waals surface area (Å²) >= 11 is 0. The summed E-state index contributed by atoms with van der Waals surface area (Å²) in [6, 6.07) is 26.8. The highest BCUT2D eigenvalue weighted by Crippen LogP contribution is 2.30. The molecular formula is C26H24N4O. The molecule has 3 N–H and O–H groups in total. The highest BCUT2D eigenvalue weighted by molar-refractivity contribution is 6.07. The fourth-order valence-corrected chi connectivity index (χ4v) is 3.85. The molecule has 0 aliphatic carbocycles.